The van der Waals surface area contributed by atoms with E-state index in [2.05, 4.69) is 0 Å². The van der Waals surface area contributed by atoms with E-state index in [1.165, 1.54) is 0 Å². The zero-order chi connectivity index (χ0) is 15.8. The third kappa shape index (κ3) is 11.0. The van der Waals surface area contributed by atoms with Crippen molar-refractivity contribution in [2.24, 2.45) is 0 Å². The predicted octanol–water partition coefficient (Wildman–Crippen LogP) is 3.29. The molecule has 0 rings (SSSR count). The van der Waals surface area contributed by atoms with Crippen molar-refractivity contribution in [2.75, 3.05) is 19.8 Å². The second-order valence-corrected chi connectivity index (χ2v) is 6.26. The third-order valence-corrected chi connectivity index (χ3v) is 1.67. The van der Waals surface area contributed by atoms with Gasteiger partial charge in [-0.2, -0.15) is 0 Å². The van der Waals surface area contributed by atoms with E-state index in [0.29, 0.717) is 12.2 Å². The van der Waals surface area contributed by atoms with Gasteiger partial charge in [-0.1, -0.05) is 0 Å². The molecule has 0 saturated carbocycles. The average Bonchev–Trinajstić information content (AvgIpc) is 2.24. The van der Waals surface area contributed by atoms with Gasteiger partial charge in [0.25, 0.3) is 5.95 Å². The van der Waals surface area contributed by atoms with Crippen molar-refractivity contribution >= 4 is 0 Å². The molecule has 0 heterocycles. The van der Waals surface area contributed by atoms with Crippen molar-refractivity contribution in [3.05, 3.63) is 11.5 Å². The summed E-state index contributed by atoms with van der Waals surface area (Å²) in [5.41, 5.74) is -0.468. The Morgan fingerprint density at radius 3 is 1.55 bits per heavy atom. The monoisotopic (exact) mass is 292 g/mol. The summed E-state index contributed by atoms with van der Waals surface area (Å²) < 4.78 is 5.03. The summed E-state index contributed by atoms with van der Waals surface area (Å²) >= 11 is 0. The van der Waals surface area contributed by atoms with Crippen LogP contribution >= 0.6 is 0 Å². The molecule has 0 atom stereocenters. The molecule has 0 aromatic heterocycles. The number of aliphatic hydroxyl groups excluding tert-OH is 1. The van der Waals surface area contributed by atoms with Crippen molar-refractivity contribution in [1.29, 1.82) is 0 Å². The molecule has 20 heavy (non-hydrogen) atoms. The fourth-order valence-corrected chi connectivity index (χ4v) is 0.959. The van der Waals surface area contributed by atoms with E-state index in [1.54, 1.807) is 6.92 Å². The molecule has 1 N–H and O–H groups in total. The topological polar surface area (TPSA) is 66.4 Å². The molecule has 6 heteroatoms. The van der Waals surface area contributed by atoms with Crippen molar-refractivity contribution in [3.63, 3.8) is 0 Å². The second-order valence-electron chi connectivity index (χ2n) is 6.26. The van der Waals surface area contributed by atoms with Crippen molar-refractivity contribution in [2.45, 2.75) is 59.7 Å². The van der Waals surface area contributed by atoms with Crippen molar-refractivity contribution in [3.8, 4) is 0 Å². The fourth-order valence-electron chi connectivity index (χ4n) is 0.959. The summed E-state index contributed by atoms with van der Waals surface area (Å²) in [5, 5.41) is 9.75. The highest BCUT2D eigenvalue weighted by Crippen LogP contribution is 2.13. The van der Waals surface area contributed by atoms with Gasteiger partial charge in [0, 0.05) is 0 Å². The molecule has 0 bridgehead atoms. The zero-order valence-electron chi connectivity index (χ0n) is 13.6. The molecular formula is C14H28O6. The van der Waals surface area contributed by atoms with Crippen LogP contribution in [0.5, 0.6) is 0 Å². The van der Waals surface area contributed by atoms with E-state index >= 15 is 0 Å². The molecule has 0 aromatic carbocycles. The highest BCUT2D eigenvalue weighted by atomic mass is 17.2. The van der Waals surface area contributed by atoms with Gasteiger partial charge in [-0.25, -0.2) is 19.6 Å². The van der Waals surface area contributed by atoms with Gasteiger partial charge in [0.2, 0.25) is 0 Å². The Morgan fingerprint density at radius 2 is 1.25 bits per heavy atom. The summed E-state index contributed by atoms with van der Waals surface area (Å²) in [4.78, 5) is 20.4. The quantitative estimate of drug-likeness (QED) is 0.421. The average molecular weight is 292 g/mol. The maximum absolute atomic E-state index is 9.75. The summed E-state index contributed by atoms with van der Waals surface area (Å²) in [7, 11) is 0. The lowest BCUT2D eigenvalue weighted by Crippen LogP contribution is -2.23. The minimum absolute atomic E-state index is 0.0244. The smallest absolute Gasteiger partial charge is 0.280 e. The Balaban J connectivity index is 4.40. The summed E-state index contributed by atoms with van der Waals surface area (Å²) in [6.45, 7) is 13.3. The Hall–Kier alpha value is -0.820. The van der Waals surface area contributed by atoms with E-state index < -0.39 is 11.2 Å². The molecule has 0 aliphatic carbocycles. The van der Waals surface area contributed by atoms with E-state index in [0.717, 1.165) is 0 Å². The first-order valence-corrected chi connectivity index (χ1v) is 6.70. The summed E-state index contributed by atoms with van der Waals surface area (Å²) in [5.74, 6) is -0.234. The van der Waals surface area contributed by atoms with Crippen LogP contribution in [0.2, 0.25) is 0 Å². The van der Waals surface area contributed by atoms with E-state index in [9.17, 15) is 5.11 Å². The van der Waals surface area contributed by atoms with Gasteiger partial charge in [-0.15, -0.1) is 0 Å². The Morgan fingerprint density at radius 1 is 0.850 bits per heavy atom. The fraction of sp³-hybridized carbons (Fsp3) is 0.857. The van der Waals surface area contributed by atoms with Crippen LogP contribution in [0.15, 0.2) is 11.5 Å². The van der Waals surface area contributed by atoms with E-state index in [1.807, 2.05) is 41.5 Å². The molecular weight excluding hydrogens is 264 g/mol. The summed E-state index contributed by atoms with van der Waals surface area (Å²) in [6, 6.07) is 0. The molecule has 0 aliphatic rings. The van der Waals surface area contributed by atoms with Gasteiger partial charge < -0.3 is 9.84 Å². The van der Waals surface area contributed by atoms with Crippen LogP contribution in [-0.2, 0) is 24.3 Å². The molecule has 0 spiro atoms. The van der Waals surface area contributed by atoms with Crippen LogP contribution in [0.25, 0.3) is 0 Å². The van der Waals surface area contributed by atoms with Gasteiger partial charge in [0.1, 0.15) is 13.2 Å². The lowest BCUT2D eigenvalue weighted by atomic mass is 10.2. The van der Waals surface area contributed by atoms with Gasteiger partial charge in [0.05, 0.1) is 23.4 Å². The van der Waals surface area contributed by atoms with E-state index in [-0.39, 0.29) is 19.2 Å². The second kappa shape index (κ2) is 8.46. The Labute approximate surface area is 121 Å². The molecule has 0 amide bonds. The summed E-state index contributed by atoms with van der Waals surface area (Å²) in [6.07, 6.45) is 0. The molecule has 0 aliphatic heterocycles. The minimum atomic E-state index is -0.435. The van der Waals surface area contributed by atoms with Crippen LogP contribution in [0.4, 0.5) is 0 Å². The van der Waals surface area contributed by atoms with Crippen LogP contribution in [0.3, 0.4) is 0 Å². The first-order valence-electron chi connectivity index (χ1n) is 6.70. The van der Waals surface area contributed by atoms with Gasteiger partial charge >= 0.3 is 0 Å². The number of aliphatic hydroxyl groups is 1. The number of ether oxygens (including phenoxy) is 1. The molecule has 0 radical (unpaired) electrons. The molecule has 0 aromatic rings. The van der Waals surface area contributed by atoms with E-state index in [4.69, 9.17) is 24.3 Å². The van der Waals surface area contributed by atoms with Gasteiger partial charge in [-0.05, 0) is 48.5 Å². The lowest BCUT2D eigenvalue weighted by molar-refractivity contribution is -0.356. The molecule has 0 unspecified atom stereocenters. The molecule has 120 valence electrons. The van der Waals surface area contributed by atoms with Crippen LogP contribution in [-0.4, -0.2) is 36.1 Å². The largest absolute Gasteiger partial charge is 0.481 e. The van der Waals surface area contributed by atoms with Crippen molar-refractivity contribution in [1.82, 2.24) is 0 Å². The molecule has 0 fully saturated rings. The Kier molecular flexibility index (Phi) is 8.12. The highest BCUT2D eigenvalue weighted by Gasteiger charge is 2.17. The highest BCUT2D eigenvalue weighted by molar-refractivity contribution is 5.03. The van der Waals surface area contributed by atoms with Crippen LogP contribution < -0.4 is 0 Å². The maximum atomic E-state index is 9.75. The lowest BCUT2D eigenvalue weighted by Gasteiger charge is -2.20. The first kappa shape index (κ1) is 19.2. The van der Waals surface area contributed by atoms with Gasteiger partial charge in [0.15, 0.2) is 0 Å². The normalized spacial score (nSPS) is 12.3. The molecule has 0 saturated heterocycles. The van der Waals surface area contributed by atoms with Crippen LogP contribution in [0, 0.1) is 0 Å². The number of hydrogen-bond donors (Lipinski definition) is 1. The number of rotatable bonds is 8. The standard InChI is InChI=1S/C14H28O6/c1-8-16-12(15)11(9-17-19-13(2,3)4)10-18-20-14(5,6)7/h15H,8-10H2,1-7H3. The Bertz CT molecular complexity index is 276. The third-order valence-electron chi connectivity index (χ3n) is 1.67. The minimum Gasteiger partial charge on any atom is -0.481 e. The SMILES string of the molecule is CCOC(O)=C(COOC(C)(C)C)COOC(C)(C)C. The van der Waals surface area contributed by atoms with Crippen LogP contribution in [0.1, 0.15) is 48.5 Å². The number of hydrogen-bond acceptors (Lipinski definition) is 6. The predicted molar refractivity (Wildman–Crippen MR) is 74.9 cm³/mol. The van der Waals surface area contributed by atoms with Crippen molar-refractivity contribution < 1.29 is 29.4 Å². The maximum Gasteiger partial charge on any atom is 0.280 e. The van der Waals surface area contributed by atoms with Gasteiger partial charge in [-0.3, -0.25) is 0 Å². The molecule has 6 nitrogen and oxygen atoms in total. The first-order chi connectivity index (χ1) is 9.05. The zero-order valence-corrected chi connectivity index (χ0v) is 13.6.